The van der Waals surface area contributed by atoms with Crippen molar-refractivity contribution in [2.24, 2.45) is 0 Å². The summed E-state index contributed by atoms with van der Waals surface area (Å²) in [6, 6.07) is 10.4. The highest BCUT2D eigenvalue weighted by molar-refractivity contribution is 6.44. The summed E-state index contributed by atoms with van der Waals surface area (Å²) in [5.41, 5.74) is 0.594. The minimum absolute atomic E-state index is 0.0850. The first kappa shape index (κ1) is 17.7. The van der Waals surface area contributed by atoms with Crippen LogP contribution in [0.4, 0.5) is 15.8 Å². The average Bonchev–Trinajstić information content (AvgIpc) is 2.52. The standard InChI is InChI=1S/C17H16ClFN2O3/c1-10(2)24-15-6-4-3-5-14(15)21-17(23)16(22)20-11-7-8-13(19)12(18)9-11/h3-10H,1-2H3,(H,20,22)(H,21,23). The molecule has 5 nitrogen and oxygen atoms in total. The molecule has 0 unspecified atom stereocenters. The molecule has 0 fully saturated rings. The van der Waals surface area contributed by atoms with Gasteiger partial charge in [-0.3, -0.25) is 9.59 Å². The van der Waals surface area contributed by atoms with E-state index in [-0.39, 0.29) is 16.8 Å². The number of nitrogens with one attached hydrogen (secondary N) is 2. The van der Waals surface area contributed by atoms with Crippen molar-refractivity contribution >= 4 is 34.8 Å². The van der Waals surface area contributed by atoms with Crippen LogP contribution in [0.3, 0.4) is 0 Å². The van der Waals surface area contributed by atoms with E-state index in [9.17, 15) is 14.0 Å². The van der Waals surface area contributed by atoms with E-state index < -0.39 is 17.6 Å². The van der Waals surface area contributed by atoms with Gasteiger partial charge in [0.25, 0.3) is 0 Å². The van der Waals surface area contributed by atoms with Crippen LogP contribution in [0.25, 0.3) is 0 Å². The number of carbonyl (C=O) groups excluding carboxylic acids is 2. The summed E-state index contributed by atoms with van der Waals surface area (Å²) in [4.78, 5) is 24.0. The lowest BCUT2D eigenvalue weighted by atomic mass is 10.2. The van der Waals surface area contributed by atoms with Gasteiger partial charge in [-0.2, -0.15) is 0 Å². The lowest BCUT2D eigenvalue weighted by molar-refractivity contribution is -0.133. The second-order valence-electron chi connectivity index (χ2n) is 5.20. The molecule has 24 heavy (non-hydrogen) atoms. The number of amides is 2. The number of hydrogen-bond acceptors (Lipinski definition) is 3. The molecule has 0 spiro atoms. The number of carbonyl (C=O) groups is 2. The summed E-state index contributed by atoms with van der Waals surface area (Å²) in [5, 5.41) is 4.68. The third kappa shape index (κ3) is 4.70. The molecule has 0 aliphatic rings. The van der Waals surface area contributed by atoms with Gasteiger partial charge in [-0.05, 0) is 44.2 Å². The van der Waals surface area contributed by atoms with Gasteiger partial charge in [0.2, 0.25) is 0 Å². The van der Waals surface area contributed by atoms with E-state index in [1.54, 1.807) is 24.3 Å². The van der Waals surface area contributed by atoms with Crippen molar-refractivity contribution < 1.29 is 18.7 Å². The minimum Gasteiger partial charge on any atom is -0.489 e. The Kier molecular flexibility index (Phi) is 5.76. The monoisotopic (exact) mass is 350 g/mol. The van der Waals surface area contributed by atoms with Crippen molar-refractivity contribution in [1.29, 1.82) is 0 Å². The lowest BCUT2D eigenvalue weighted by Gasteiger charge is -2.14. The van der Waals surface area contributed by atoms with Gasteiger partial charge in [0, 0.05) is 5.69 Å². The van der Waals surface area contributed by atoms with Crippen molar-refractivity contribution in [2.45, 2.75) is 20.0 Å². The summed E-state index contributed by atoms with van der Waals surface area (Å²) in [6.45, 7) is 3.70. The zero-order valence-corrected chi connectivity index (χ0v) is 13.9. The molecule has 2 amide bonds. The number of anilines is 2. The van der Waals surface area contributed by atoms with E-state index in [2.05, 4.69) is 10.6 Å². The number of rotatable bonds is 4. The van der Waals surface area contributed by atoms with Crippen LogP contribution in [-0.2, 0) is 9.59 Å². The third-order valence-electron chi connectivity index (χ3n) is 2.88. The smallest absolute Gasteiger partial charge is 0.314 e. The summed E-state index contributed by atoms with van der Waals surface area (Å²) in [7, 11) is 0. The molecule has 2 N–H and O–H groups in total. The van der Waals surface area contributed by atoms with E-state index in [0.29, 0.717) is 11.4 Å². The molecule has 0 saturated carbocycles. The van der Waals surface area contributed by atoms with Crippen LogP contribution in [0.15, 0.2) is 42.5 Å². The molecule has 7 heteroatoms. The largest absolute Gasteiger partial charge is 0.489 e. The summed E-state index contributed by atoms with van der Waals surface area (Å²) in [5.74, 6) is -1.94. The van der Waals surface area contributed by atoms with Crippen molar-refractivity contribution in [2.75, 3.05) is 10.6 Å². The normalized spacial score (nSPS) is 10.4. The number of hydrogen-bond donors (Lipinski definition) is 2. The zero-order valence-electron chi connectivity index (χ0n) is 13.1. The molecule has 0 saturated heterocycles. The molecule has 0 heterocycles. The fourth-order valence-corrected chi connectivity index (χ4v) is 2.05. The topological polar surface area (TPSA) is 67.4 Å². The van der Waals surface area contributed by atoms with Gasteiger partial charge >= 0.3 is 11.8 Å². The Balaban J connectivity index is 2.06. The Bertz CT molecular complexity index is 765. The molecule has 2 aromatic carbocycles. The molecule has 0 aliphatic heterocycles. The Morgan fingerprint density at radius 3 is 2.42 bits per heavy atom. The molecule has 2 rings (SSSR count). The molecular weight excluding hydrogens is 335 g/mol. The van der Waals surface area contributed by atoms with Crippen LogP contribution < -0.4 is 15.4 Å². The Morgan fingerprint density at radius 2 is 1.75 bits per heavy atom. The van der Waals surface area contributed by atoms with Crippen LogP contribution in [0.5, 0.6) is 5.75 Å². The summed E-state index contributed by atoms with van der Waals surface area (Å²) in [6.07, 6.45) is -0.0850. The van der Waals surface area contributed by atoms with E-state index in [1.165, 1.54) is 12.1 Å². The predicted octanol–water partition coefficient (Wildman–Crippen LogP) is 3.84. The number of para-hydroxylation sites is 2. The van der Waals surface area contributed by atoms with Crippen molar-refractivity contribution in [3.63, 3.8) is 0 Å². The second-order valence-corrected chi connectivity index (χ2v) is 5.61. The van der Waals surface area contributed by atoms with Crippen LogP contribution in [0, 0.1) is 5.82 Å². The zero-order chi connectivity index (χ0) is 17.7. The lowest BCUT2D eigenvalue weighted by Crippen LogP contribution is -2.29. The van der Waals surface area contributed by atoms with Crippen LogP contribution >= 0.6 is 11.6 Å². The highest BCUT2D eigenvalue weighted by atomic mass is 35.5. The SMILES string of the molecule is CC(C)Oc1ccccc1NC(=O)C(=O)Nc1ccc(F)c(Cl)c1. The van der Waals surface area contributed by atoms with Gasteiger partial charge in [-0.15, -0.1) is 0 Å². The number of benzene rings is 2. The highest BCUT2D eigenvalue weighted by Crippen LogP contribution is 2.25. The first-order valence-electron chi connectivity index (χ1n) is 7.20. The Labute approximate surface area is 143 Å². The van der Waals surface area contributed by atoms with Gasteiger partial charge < -0.3 is 15.4 Å². The molecule has 0 aromatic heterocycles. The fourth-order valence-electron chi connectivity index (χ4n) is 1.87. The molecule has 126 valence electrons. The van der Waals surface area contributed by atoms with Gasteiger partial charge in [-0.25, -0.2) is 4.39 Å². The van der Waals surface area contributed by atoms with Crippen molar-refractivity contribution in [3.05, 3.63) is 53.3 Å². The number of halogens is 2. The predicted molar refractivity (Wildman–Crippen MR) is 90.9 cm³/mol. The molecule has 0 aliphatic carbocycles. The van der Waals surface area contributed by atoms with Gasteiger partial charge in [0.1, 0.15) is 11.6 Å². The van der Waals surface area contributed by atoms with Crippen LogP contribution in [0.2, 0.25) is 5.02 Å². The van der Waals surface area contributed by atoms with Gasteiger partial charge in [0.05, 0.1) is 16.8 Å². The van der Waals surface area contributed by atoms with E-state index >= 15 is 0 Å². The number of ether oxygens (including phenoxy) is 1. The first-order chi connectivity index (χ1) is 11.4. The molecule has 0 radical (unpaired) electrons. The van der Waals surface area contributed by atoms with Crippen molar-refractivity contribution in [3.8, 4) is 5.75 Å². The Morgan fingerprint density at radius 1 is 1.08 bits per heavy atom. The summed E-state index contributed by atoms with van der Waals surface area (Å²) < 4.78 is 18.7. The molecule has 0 atom stereocenters. The first-order valence-corrected chi connectivity index (χ1v) is 7.57. The van der Waals surface area contributed by atoms with Crippen LogP contribution in [0.1, 0.15) is 13.8 Å². The van der Waals surface area contributed by atoms with Gasteiger partial charge in [-0.1, -0.05) is 23.7 Å². The quantitative estimate of drug-likeness (QED) is 0.823. The maximum Gasteiger partial charge on any atom is 0.314 e. The van der Waals surface area contributed by atoms with E-state index in [4.69, 9.17) is 16.3 Å². The highest BCUT2D eigenvalue weighted by Gasteiger charge is 2.17. The fraction of sp³-hybridized carbons (Fsp3) is 0.176. The molecule has 2 aromatic rings. The maximum atomic E-state index is 13.1. The maximum absolute atomic E-state index is 13.1. The average molecular weight is 351 g/mol. The molecular formula is C17H16ClFN2O3. The third-order valence-corrected chi connectivity index (χ3v) is 3.17. The summed E-state index contributed by atoms with van der Waals surface area (Å²) >= 11 is 5.63. The van der Waals surface area contributed by atoms with Crippen LogP contribution in [-0.4, -0.2) is 17.9 Å². The Hall–Kier alpha value is -2.60. The van der Waals surface area contributed by atoms with E-state index in [0.717, 1.165) is 6.07 Å². The van der Waals surface area contributed by atoms with Crippen molar-refractivity contribution in [1.82, 2.24) is 0 Å². The minimum atomic E-state index is -0.906. The second kappa shape index (κ2) is 7.79. The molecule has 0 bridgehead atoms. The van der Waals surface area contributed by atoms with E-state index in [1.807, 2.05) is 13.8 Å². The van der Waals surface area contributed by atoms with Gasteiger partial charge in [0.15, 0.2) is 0 Å².